The molecule has 0 aliphatic carbocycles. The van der Waals surface area contributed by atoms with E-state index in [1.807, 2.05) is 55.9 Å². The third-order valence-electron chi connectivity index (χ3n) is 3.88. The molecule has 0 aliphatic heterocycles. The van der Waals surface area contributed by atoms with Gasteiger partial charge in [0.1, 0.15) is 17.6 Å². The van der Waals surface area contributed by atoms with E-state index < -0.39 is 0 Å². The number of nitrogens with zero attached hydrogens (tertiary/aromatic N) is 3. The number of imidazole rings is 1. The first-order valence-corrected chi connectivity index (χ1v) is 7.77. The lowest BCUT2D eigenvalue weighted by Gasteiger charge is -2.25. The van der Waals surface area contributed by atoms with Gasteiger partial charge in [0.25, 0.3) is 0 Å². The van der Waals surface area contributed by atoms with Crippen molar-refractivity contribution in [1.82, 2.24) is 19.8 Å². The Balaban J connectivity index is 2.32. The second kappa shape index (κ2) is 7.67. The number of rotatable bonds is 6. The summed E-state index contributed by atoms with van der Waals surface area (Å²) in [5, 5.41) is 3.08. The molecule has 0 saturated carbocycles. The first kappa shape index (κ1) is 16.9. The molecule has 1 atom stereocenters. The van der Waals surface area contributed by atoms with Crippen molar-refractivity contribution < 1.29 is 9.53 Å². The lowest BCUT2D eigenvalue weighted by Crippen LogP contribution is -2.42. The van der Waals surface area contributed by atoms with E-state index in [4.69, 9.17) is 4.74 Å². The molecule has 0 aliphatic rings. The second-order valence-electron chi connectivity index (χ2n) is 5.22. The molecule has 1 N–H and O–H groups in total. The number of hydrogen-bond acceptors (Lipinski definition) is 3. The summed E-state index contributed by atoms with van der Waals surface area (Å²) in [5.41, 5.74) is 0.959. The predicted molar refractivity (Wildman–Crippen MR) is 89.5 cm³/mol. The normalized spacial score (nSPS) is 11.8. The molecule has 1 aromatic heterocycles. The summed E-state index contributed by atoms with van der Waals surface area (Å²) in [6, 6.07) is 7.25. The molecule has 1 aromatic carbocycles. The third kappa shape index (κ3) is 3.83. The molecule has 2 amide bonds. The molecular formula is C17H24N4O2. The van der Waals surface area contributed by atoms with Gasteiger partial charge in [0.2, 0.25) is 0 Å². The van der Waals surface area contributed by atoms with Gasteiger partial charge in [0, 0.05) is 32.5 Å². The summed E-state index contributed by atoms with van der Waals surface area (Å²) in [5.74, 6) is 1.57. The Kier molecular flexibility index (Phi) is 5.62. The van der Waals surface area contributed by atoms with Crippen LogP contribution < -0.4 is 10.1 Å². The molecule has 2 rings (SSSR count). The number of hydrogen-bond donors (Lipinski definition) is 1. The molecule has 2 aromatic rings. The van der Waals surface area contributed by atoms with E-state index in [1.54, 1.807) is 18.2 Å². The molecule has 124 valence electrons. The number of methoxy groups -OCH3 is 1. The first-order valence-electron chi connectivity index (χ1n) is 7.77. The minimum absolute atomic E-state index is 0.0983. The van der Waals surface area contributed by atoms with Gasteiger partial charge in [-0.05, 0) is 31.5 Å². The van der Waals surface area contributed by atoms with E-state index in [2.05, 4.69) is 10.3 Å². The summed E-state index contributed by atoms with van der Waals surface area (Å²) in [6.07, 6.45) is 3.60. The van der Waals surface area contributed by atoms with Crippen molar-refractivity contribution in [2.75, 3.05) is 20.2 Å². The molecule has 0 spiro atoms. The van der Waals surface area contributed by atoms with E-state index >= 15 is 0 Å². The number of carbonyl (C=O) groups excluding carboxylic acids is 1. The number of ether oxygens (including phenoxy) is 1. The van der Waals surface area contributed by atoms with Crippen LogP contribution >= 0.6 is 0 Å². The van der Waals surface area contributed by atoms with E-state index in [1.165, 1.54) is 0 Å². The number of amides is 2. The molecule has 1 heterocycles. The summed E-state index contributed by atoms with van der Waals surface area (Å²) >= 11 is 0. The van der Waals surface area contributed by atoms with Crippen LogP contribution in [0.3, 0.4) is 0 Å². The van der Waals surface area contributed by atoms with Gasteiger partial charge in [-0.25, -0.2) is 9.78 Å². The molecule has 6 heteroatoms. The Morgan fingerprint density at radius 3 is 2.43 bits per heavy atom. The average molecular weight is 316 g/mol. The van der Waals surface area contributed by atoms with Crippen molar-refractivity contribution in [1.29, 1.82) is 0 Å². The maximum atomic E-state index is 12.5. The maximum Gasteiger partial charge on any atom is 0.318 e. The van der Waals surface area contributed by atoms with Crippen LogP contribution in [0.5, 0.6) is 5.75 Å². The van der Waals surface area contributed by atoms with Gasteiger partial charge in [0.05, 0.1) is 7.11 Å². The van der Waals surface area contributed by atoms with E-state index in [0.29, 0.717) is 13.1 Å². The smallest absolute Gasteiger partial charge is 0.318 e. The summed E-state index contributed by atoms with van der Waals surface area (Å²) in [6.45, 7) is 5.26. The molecule has 0 radical (unpaired) electrons. The van der Waals surface area contributed by atoms with Crippen LogP contribution in [0.15, 0.2) is 36.7 Å². The fourth-order valence-corrected chi connectivity index (χ4v) is 2.47. The topological polar surface area (TPSA) is 59.4 Å². The predicted octanol–water partition coefficient (Wildman–Crippen LogP) is 2.57. The standard InChI is InChI=1S/C17H24N4O2/c1-5-21(6-2)17(22)19-15(16-18-11-12-20(16)3)13-7-9-14(23-4)10-8-13/h7-12,15H,5-6H2,1-4H3,(H,19,22). The van der Waals surface area contributed by atoms with E-state index in [9.17, 15) is 4.79 Å². The van der Waals surface area contributed by atoms with Crippen LogP contribution in [0, 0.1) is 0 Å². The van der Waals surface area contributed by atoms with Gasteiger partial charge < -0.3 is 19.5 Å². The van der Waals surface area contributed by atoms with Crippen LogP contribution in [-0.2, 0) is 7.05 Å². The lowest BCUT2D eigenvalue weighted by atomic mass is 10.1. The Hall–Kier alpha value is -2.50. The van der Waals surface area contributed by atoms with Gasteiger partial charge in [0.15, 0.2) is 0 Å². The van der Waals surface area contributed by atoms with Gasteiger partial charge >= 0.3 is 6.03 Å². The Labute approximate surface area is 137 Å². The highest BCUT2D eigenvalue weighted by Gasteiger charge is 2.22. The fraction of sp³-hybridized carbons (Fsp3) is 0.412. The third-order valence-corrected chi connectivity index (χ3v) is 3.88. The summed E-state index contributed by atoms with van der Waals surface area (Å²) in [4.78, 5) is 18.6. The number of benzene rings is 1. The van der Waals surface area contributed by atoms with Crippen LogP contribution in [0.1, 0.15) is 31.3 Å². The molecule has 6 nitrogen and oxygen atoms in total. The van der Waals surface area contributed by atoms with Gasteiger partial charge in [-0.3, -0.25) is 0 Å². The Bertz CT molecular complexity index is 632. The zero-order valence-corrected chi connectivity index (χ0v) is 14.1. The van der Waals surface area contributed by atoms with Crippen LogP contribution in [-0.4, -0.2) is 40.7 Å². The highest BCUT2D eigenvalue weighted by atomic mass is 16.5. The summed E-state index contributed by atoms with van der Waals surface area (Å²) in [7, 11) is 3.55. The highest BCUT2D eigenvalue weighted by molar-refractivity contribution is 5.75. The molecular weight excluding hydrogens is 292 g/mol. The average Bonchev–Trinajstić information content (AvgIpc) is 3.00. The van der Waals surface area contributed by atoms with Crippen molar-refractivity contribution in [3.05, 3.63) is 48.0 Å². The largest absolute Gasteiger partial charge is 0.497 e. The van der Waals surface area contributed by atoms with Crippen LogP contribution in [0.2, 0.25) is 0 Å². The van der Waals surface area contributed by atoms with Gasteiger partial charge in [-0.2, -0.15) is 0 Å². The number of carbonyl (C=O) groups is 1. The zero-order valence-electron chi connectivity index (χ0n) is 14.1. The lowest BCUT2D eigenvalue weighted by molar-refractivity contribution is 0.200. The fourth-order valence-electron chi connectivity index (χ4n) is 2.47. The maximum absolute atomic E-state index is 12.5. The number of aromatic nitrogens is 2. The molecule has 0 bridgehead atoms. The minimum atomic E-state index is -0.311. The minimum Gasteiger partial charge on any atom is -0.497 e. The molecule has 0 saturated heterocycles. The number of urea groups is 1. The van der Waals surface area contributed by atoms with E-state index in [0.717, 1.165) is 17.1 Å². The van der Waals surface area contributed by atoms with Gasteiger partial charge in [-0.1, -0.05) is 12.1 Å². The van der Waals surface area contributed by atoms with Crippen molar-refractivity contribution in [2.24, 2.45) is 7.05 Å². The second-order valence-corrected chi connectivity index (χ2v) is 5.22. The quantitative estimate of drug-likeness (QED) is 0.891. The zero-order chi connectivity index (χ0) is 16.8. The van der Waals surface area contributed by atoms with Gasteiger partial charge in [-0.15, -0.1) is 0 Å². The SMILES string of the molecule is CCN(CC)C(=O)NC(c1ccc(OC)cc1)c1nccn1C. The Morgan fingerprint density at radius 2 is 1.96 bits per heavy atom. The molecule has 23 heavy (non-hydrogen) atoms. The van der Waals surface area contributed by atoms with Crippen LogP contribution in [0.4, 0.5) is 4.79 Å². The van der Waals surface area contributed by atoms with E-state index in [-0.39, 0.29) is 12.1 Å². The van der Waals surface area contributed by atoms with Crippen molar-refractivity contribution >= 4 is 6.03 Å². The monoisotopic (exact) mass is 316 g/mol. The number of nitrogens with one attached hydrogen (secondary N) is 1. The highest BCUT2D eigenvalue weighted by Crippen LogP contribution is 2.23. The molecule has 1 unspecified atom stereocenters. The van der Waals surface area contributed by atoms with Crippen LogP contribution in [0.25, 0.3) is 0 Å². The van der Waals surface area contributed by atoms with Crippen molar-refractivity contribution in [3.63, 3.8) is 0 Å². The number of aryl methyl sites for hydroxylation is 1. The summed E-state index contributed by atoms with van der Waals surface area (Å²) < 4.78 is 7.12. The van der Waals surface area contributed by atoms with Crippen molar-refractivity contribution in [3.8, 4) is 5.75 Å². The molecule has 0 fully saturated rings. The first-order chi connectivity index (χ1) is 11.1. The van der Waals surface area contributed by atoms with Crippen molar-refractivity contribution in [2.45, 2.75) is 19.9 Å². The Morgan fingerprint density at radius 1 is 1.30 bits per heavy atom.